The van der Waals surface area contributed by atoms with Crippen molar-refractivity contribution in [3.05, 3.63) is 79.2 Å². The number of carbonyl (C=O) groups is 2. The van der Waals surface area contributed by atoms with Gasteiger partial charge in [-0.2, -0.15) is 0 Å². The number of carbonyl (C=O) groups excluding carboxylic acids is 2. The molecule has 0 spiro atoms. The van der Waals surface area contributed by atoms with Gasteiger partial charge in [0, 0.05) is 10.5 Å². The Morgan fingerprint density at radius 3 is 2.56 bits per heavy atom. The SMILES string of the molecule is O=C(COc1ccc2cc(Br)ccc2c1Br)NC(=S)NNC(=O)c1ccccc1[N+](=O)[O-]. The monoisotopic (exact) mass is 580 g/mol. The molecule has 0 saturated carbocycles. The fourth-order valence-electron chi connectivity index (χ4n) is 2.70. The number of fused-ring (bicyclic) bond motifs is 1. The molecule has 0 unspecified atom stereocenters. The van der Waals surface area contributed by atoms with Crippen molar-refractivity contribution in [2.24, 2.45) is 0 Å². The summed E-state index contributed by atoms with van der Waals surface area (Å²) in [7, 11) is 0. The number of hydrogen-bond acceptors (Lipinski definition) is 6. The molecule has 2 amide bonds. The molecular weight excluding hydrogens is 568 g/mol. The van der Waals surface area contributed by atoms with Crippen LogP contribution >= 0.6 is 44.1 Å². The summed E-state index contributed by atoms with van der Waals surface area (Å²) < 4.78 is 7.20. The van der Waals surface area contributed by atoms with Crippen molar-refractivity contribution in [3.63, 3.8) is 0 Å². The van der Waals surface area contributed by atoms with Crippen molar-refractivity contribution in [3.8, 4) is 5.75 Å². The Hall–Kier alpha value is -3.09. The summed E-state index contributed by atoms with van der Waals surface area (Å²) in [5.41, 5.74) is 4.02. The summed E-state index contributed by atoms with van der Waals surface area (Å²) in [4.78, 5) is 34.6. The molecule has 0 aliphatic heterocycles. The van der Waals surface area contributed by atoms with Crippen LogP contribution in [0.3, 0.4) is 0 Å². The van der Waals surface area contributed by atoms with Crippen LogP contribution in [0.25, 0.3) is 10.8 Å². The number of hydrazine groups is 1. The first-order valence-electron chi connectivity index (χ1n) is 8.90. The minimum atomic E-state index is -0.781. The van der Waals surface area contributed by atoms with Crippen LogP contribution in [0.15, 0.2) is 63.5 Å². The highest BCUT2D eigenvalue weighted by Gasteiger charge is 2.19. The number of ether oxygens (including phenoxy) is 1. The molecule has 32 heavy (non-hydrogen) atoms. The molecule has 0 saturated heterocycles. The molecule has 9 nitrogen and oxygen atoms in total. The van der Waals surface area contributed by atoms with E-state index in [1.54, 1.807) is 6.07 Å². The first kappa shape index (κ1) is 23.6. The summed E-state index contributed by atoms with van der Waals surface area (Å²) in [5.74, 6) is -0.874. The van der Waals surface area contributed by atoms with Gasteiger partial charge in [-0.05, 0) is 63.2 Å². The number of nitrogens with one attached hydrogen (secondary N) is 3. The third-order valence-electron chi connectivity index (χ3n) is 4.13. The third kappa shape index (κ3) is 5.78. The molecule has 0 aliphatic rings. The average molecular weight is 582 g/mol. The summed E-state index contributed by atoms with van der Waals surface area (Å²) in [5, 5.41) is 15.1. The van der Waals surface area contributed by atoms with E-state index in [1.807, 2.05) is 24.3 Å². The molecule has 0 bridgehead atoms. The average Bonchev–Trinajstić information content (AvgIpc) is 2.76. The number of benzene rings is 3. The van der Waals surface area contributed by atoms with Gasteiger partial charge in [-0.15, -0.1) is 0 Å². The fraction of sp³-hybridized carbons (Fsp3) is 0.0500. The number of amides is 2. The van der Waals surface area contributed by atoms with E-state index < -0.39 is 16.7 Å². The van der Waals surface area contributed by atoms with Crippen LogP contribution in [0.1, 0.15) is 10.4 Å². The standard InChI is InChI=1S/C20H14Br2N4O5S/c21-12-6-7-13-11(9-12)5-8-16(18(13)22)31-10-17(27)23-20(32)25-24-19(28)14-3-1-2-4-15(14)26(29)30/h1-9H,10H2,(H,24,28)(H2,23,25,27,32). The zero-order valence-electron chi connectivity index (χ0n) is 16.1. The highest BCUT2D eigenvalue weighted by atomic mass is 79.9. The lowest BCUT2D eigenvalue weighted by Crippen LogP contribution is -2.49. The van der Waals surface area contributed by atoms with Crippen molar-refractivity contribution in [1.29, 1.82) is 0 Å². The van der Waals surface area contributed by atoms with Crippen molar-refractivity contribution < 1.29 is 19.2 Å². The zero-order chi connectivity index (χ0) is 23.3. The minimum absolute atomic E-state index is 0.157. The minimum Gasteiger partial charge on any atom is -0.483 e. The molecule has 3 aromatic carbocycles. The number of nitro benzene ring substituents is 1. The normalized spacial score (nSPS) is 10.3. The Kier molecular flexibility index (Phi) is 7.72. The van der Waals surface area contributed by atoms with Crippen LogP contribution in [-0.4, -0.2) is 28.5 Å². The summed E-state index contributed by atoms with van der Waals surface area (Å²) >= 11 is 11.9. The molecule has 0 aliphatic carbocycles. The molecule has 0 heterocycles. The predicted molar refractivity (Wildman–Crippen MR) is 129 cm³/mol. The third-order valence-corrected chi connectivity index (χ3v) is 5.64. The highest BCUT2D eigenvalue weighted by Crippen LogP contribution is 2.34. The quantitative estimate of drug-likeness (QED) is 0.236. The number of hydrogen-bond donors (Lipinski definition) is 3. The molecule has 0 radical (unpaired) electrons. The summed E-state index contributed by atoms with van der Waals surface area (Å²) in [6.07, 6.45) is 0. The van der Waals surface area contributed by atoms with Gasteiger partial charge in [0.15, 0.2) is 11.7 Å². The van der Waals surface area contributed by atoms with Crippen LogP contribution in [-0.2, 0) is 4.79 Å². The van der Waals surface area contributed by atoms with Crippen LogP contribution in [0.5, 0.6) is 5.75 Å². The maximum atomic E-state index is 12.2. The van der Waals surface area contributed by atoms with Crippen molar-refractivity contribution in [2.45, 2.75) is 0 Å². The smallest absolute Gasteiger partial charge is 0.282 e. The van der Waals surface area contributed by atoms with Crippen LogP contribution in [0.4, 0.5) is 5.69 Å². The second kappa shape index (κ2) is 10.5. The van der Waals surface area contributed by atoms with Crippen LogP contribution < -0.4 is 20.9 Å². The second-order valence-electron chi connectivity index (χ2n) is 6.26. The maximum Gasteiger partial charge on any atom is 0.282 e. The van der Waals surface area contributed by atoms with Crippen molar-refractivity contribution >= 4 is 77.5 Å². The van der Waals surface area contributed by atoms with Gasteiger partial charge < -0.3 is 4.74 Å². The molecule has 3 aromatic rings. The Morgan fingerprint density at radius 1 is 1.06 bits per heavy atom. The van der Waals surface area contributed by atoms with Gasteiger partial charge in [-0.3, -0.25) is 35.9 Å². The van der Waals surface area contributed by atoms with Gasteiger partial charge in [0.25, 0.3) is 17.5 Å². The van der Waals surface area contributed by atoms with Crippen LogP contribution in [0.2, 0.25) is 0 Å². The van der Waals surface area contributed by atoms with Crippen LogP contribution in [0, 0.1) is 10.1 Å². The van der Waals surface area contributed by atoms with Gasteiger partial charge in [0.1, 0.15) is 11.3 Å². The van der Waals surface area contributed by atoms with E-state index in [0.29, 0.717) is 10.2 Å². The molecule has 12 heteroatoms. The van der Waals surface area contributed by atoms with Gasteiger partial charge in [0.2, 0.25) is 0 Å². The van der Waals surface area contributed by atoms with Gasteiger partial charge in [-0.25, -0.2) is 0 Å². The lowest BCUT2D eigenvalue weighted by atomic mass is 10.1. The molecule has 3 rings (SSSR count). The Morgan fingerprint density at radius 2 is 1.81 bits per heavy atom. The number of nitrogens with zero attached hydrogens (tertiary/aromatic N) is 1. The molecule has 0 atom stereocenters. The summed E-state index contributed by atoms with van der Waals surface area (Å²) in [6.45, 7) is -0.333. The van der Waals surface area contributed by atoms with Crippen molar-refractivity contribution in [1.82, 2.24) is 16.2 Å². The topological polar surface area (TPSA) is 123 Å². The van der Waals surface area contributed by atoms with E-state index in [9.17, 15) is 19.7 Å². The van der Waals surface area contributed by atoms with Crippen molar-refractivity contribution in [2.75, 3.05) is 6.61 Å². The van der Waals surface area contributed by atoms with E-state index in [-0.39, 0.29) is 23.0 Å². The lowest BCUT2D eigenvalue weighted by Gasteiger charge is -2.13. The lowest BCUT2D eigenvalue weighted by molar-refractivity contribution is -0.385. The Balaban J connectivity index is 1.52. The maximum absolute atomic E-state index is 12.2. The van der Waals surface area contributed by atoms with Gasteiger partial charge in [-0.1, -0.05) is 40.2 Å². The largest absolute Gasteiger partial charge is 0.483 e. The molecule has 164 valence electrons. The zero-order valence-corrected chi connectivity index (χ0v) is 20.0. The second-order valence-corrected chi connectivity index (χ2v) is 8.38. The van der Waals surface area contributed by atoms with E-state index in [1.165, 1.54) is 24.3 Å². The number of para-hydroxylation sites is 1. The highest BCUT2D eigenvalue weighted by molar-refractivity contribution is 9.11. The number of nitro groups is 1. The van der Waals surface area contributed by atoms with E-state index in [4.69, 9.17) is 17.0 Å². The molecule has 0 fully saturated rings. The molecule has 3 N–H and O–H groups in total. The Bertz CT molecular complexity index is 1240. The number of rotatable bonds is 5. The van der Waals surface area contributed by atoms with E-state index in [0.717, 1.165) is 15.2 Å². The number of halogens is 2. The first-order valence-corrected chi connectivity index (χ1v) is 10.9. The molecule has 0 aromatic heterocycles. The first-order chi connectivity index (χ1) is 15.3. The van der Waals surface area contributed by atoms with E-state index in [2.05, 4.69) is 48.0 Å². The number of thiocarbonyl (C=S) groups is 1. The fourth-order valence-corrected chi connectivity index (χ4v) is 3.85. The van der Waals surface area contributed by atoms with Gasteiger partial charge >= 0.3 is 0 Å². The predicted octanol–water partition coefficient (Wildman–Crippen LogP) is 3.99. The van der Waals surface area contributed by atoms with Gasteiger partial charge in [0.05, 0.1) is 9.40 Å². The van der Waals surface area contributed by atoms with E-state index >= 15 is 0 Å². The summed E-state index contributed by atoms with van der Waals surface area (Å²) in [6, 6.07) is 14.8. The molecular formula is C20H14Br2N4O5S. The Labute approximate surface area is 203 Å².